The van der Waals surface area contributed by atoms with Gasteiger partial charge in [0.25, 0.3) is 0 Å². The van der Waals surface area contributed by atoms with Gasteiger partial charge in [0.2, 0.25) is 0 Å². The van der Waals surface area contributed by atoms with Gasteiger partial charge in [0.05, 0.1) is 27.5 Å². The number of hydrogen-bond donors (Lipinski definition) is 0. The molecule has 0 unspecified atom stereocenters. The van der Waals surface area contributed by atoms with E-state index in [1.54, 1.807) is 0 Å². The van der Waals surface area contributed by atoms with Crippen molar-refractivity contribution in [3.63, 3.8) is 0 Å². The lowest BCUT2D eigenvalue weighted by Crippen LogP contribution is -2.37. The van der Waals surface area contributed by atoms with E-state index < -0.39 is 16.1 Å². The molecule has 0 spiro atoms. The second-order valence-corrected chi connectivity index (χ2v) is 31.3. The first-order valence-electron chi connectivity index (χ1n) is 22.1. The Bertz CT molecular complexity index is 2750. The second-order valence-electron chi connectivity index (χ2n) is 21.2. The number of fused-ring (bicyclic) bond motifs is 7. The van der Waals surface area contributed by atoms with Gasteiger partial charge in [0, 0.05) is 44.3 Å². The zero-order valence-electron chi connectivity index (χ0n) is 38.6. The van der Waals surface area contributed by atoms with Gasteiger partial charge >= 0.3 is 0 Å². The van der Waals surface area contributed by atoms with Crippen LogP contribution in [0.4, 0.5) is 34.1 Å². The third-order valence-corrected chi connectivity index (χ3v) is 16.7. The van der Waals surface area contributed by atoms with Gasteiger partial charge in [-0.25, -0.2) is 0 Å². The molecule has 0 radical (unpaired) electrons. The minimum absolute atomic E-state index is 0.0475. The van der Waals surface area contributed by atoms with E-state index in [1.165, 1.54) is 21.5 Å². The zero-order chi connectivity index (χ0) is 43.9. The first kappa shape index (κ1) is 41.5. The van der Waals surface area contributed by atoms with E-state index >= 15 is 0 Å². The van der Waals surface area contributed by atoms with E-state index in [0.717, 1.165) is 78.0 Å². The predicted molar refractivity (Wildman–Crippen MR) is 274 cm³/mol. The largest absolute Gasteiger partial charge is 0.454 e. The summed E-state index contributed by atoms with van der Waals surface area (Å²) in [5.74, 6) is 0. The third-order valence-electron chi connectivity index (χ3n) is 12.5. The summed E-state index contributed by atoms with van der Waals surface area (Å²) in [5, 5.41) is 7.11. The van der Waals surface area contributed by atoms with Gasteiger partial charge in [-0.3, -0.25) is 0 Å². The lowest BCUT2D eigenvalue weighted by Gasteiger charge is -2.28. The normalized spacial score (nSPS) is 12.8. The minimum Gasteiger partial charge on any atom is -0.454 e. The Hall–Kier alpha value is -5.83. The van der Waals surface area contributed by atoms with Gasteiger partial charge in [0.1, 0.15) is 11.2 Å². The van der Waals surface area contributed by atoms with E-state index in [-0.39, 0.29) is 10.8 Å². The molecule has 0 aliphatic carbocycles. The Kier molecular flexibility index (Phi) is 9.99. The summed E-state index contributed by atoms with van der Waals surface area (Å²) in [7, 11) is -3.00. The van der Waals surface area contributed by atoms with Crippen molar-refractivity contribution in [1.82, 2.24) is 0 Å². The average molecular weight is 849 g/mol. The molecule has 9 rings (SSSR count). The number of nitrogens with zero attached hydrogens (tertiary/aromatic N) is 2. The summed E-state index contributed by atoms with van der Waals surface area (Å²) in [4.78, 5) is 4.70. The Balaban J connectivity index is 1.25. The number of para-hydroxylation sites is 2. The monoisotopic (exact) mass is 848 g/mol. The number of furan rings is 2. The maximum atomic E-state index is 7.00. The van der Waals surface area contributed by atoms with Crippen LogP contribution in [0.2, 0.25) is 39.3 Å². The summed E-state index contributed by atoms with van der Waals surface area (Å²) in [6.07, 6.45) is 0. The molecule has 2 aromatic heterocycles. The molecule has 6 heteroatoms. The average Bonchev–Trinajstić information content (AvgIpc) is 3.80. The van der Waals surface area contributed by atoms with E-state index in [2.05, 4.69) is 236 Å². The topological polar surface area (TPSA) is 32.8 Å². The van der Waals surface area contributed by atoms with Crippen molar-refractivity contribution >= 4 is 105 Å². The van der Waals surface area contributed by atoms with Crippen molar-refractivity contribution in [2.45, 2.75) is 91.7 Å². The minimum atomic E-state index is -1.50. The molecule has 9 aromatic rings. The molecular weight excluding hydrogens is 789 g/mol. The molecule has 0 amide bonds. The van der Waals surface area contributed by atoms with E-state index in [1.807, 2.05) is 0 Å². The fraction of sp³-hybridized carbons (Fsp3) is 0.250. The first-order valence-corrected chi connectivity index (χ1v) is 29.1. The predicted octanol–water partition coefficient (Wildman–Crippen LogP) is 16.1. The molecule has 0 atom stereocenters. The summed E-state index contributed by atoms with van der Waals surface area (Å²) in [6.45, 7) is 28.0. The van der Waals surface area contributed by atoms with E-state index in [4.69, 9.17) is 8.83 Å². The Morgan fingerprint density at radius 3 is 0.968 bits per heavy atom. The summed E-state index contributed by atoms with van der Waals surface area (Å²) >= 11 is 0. The molecule has 0 aliphatic rings. The highest BCUT2D eigenvalue weighted by Crippen LogP contribution is 2.48. The lowest BCUT2D eigenvalue weighted by atomic mass is 9.87. The summed E-state index contributed by atoms with van der Waals surface area (Å²) in [5.41, 5.74) is 12.4. The van der Waals surface area contributed by atoms with Gasteiger partial charge in [-0.2, -0.15) is 0 Å². The van der Waals surface area contributed by atoms with Crippen LogP contribution >= 0.6 is 0 Å². The van der Waals surface area contributed by atoms with Crippen molar-refractivity contribution in [2.75, 3.05) is 9.80 Å². The van der Waals surface area contributed by atoms with Crippen LogP contribution in [0.3, 0.4) is 0 Å². The van der Waals surface area contributed by atoms with Gasteiger partial charge in [0.15, 0.2) is 11.2 Å². The molecule has 2 heterocycles. The Morgan fingerprint density at radius 1 is 0.371 bits per heavy atom. The SMILES string of the molecule is CC(C)(C)c1ccc(N(c2ccc([Si](C)(C)C)cc2)c2cccc3c2oc2ccc4oc5c(N(c6ccc(C(C)(C)C)cc6)c6ccc([Si](C)(C)C)cc6)cccc5c4c23)cc1. The van der Waals surface area contributed by atoms with Crippen molar-refractivity contribution in [3.05, 3.63) is 157 Å². The second kappa shape index (κ2) is 14.9. The van der Waals surface area contributed by atoms with Crippen molar-refractivity contribution in [2.24, 2.45) is 0 Å². The van der Waals surface area contributed by atoms with Crippen LogP contribution in [0.1, 0.15) is 52.7 Å². The van der Waals surface area contributed by atoms with Crippen LogP contribution < -0.4 is 20.2 Å². The lowest BCUT2D eigenvalue weighted by molar-refractivity contribution is 0.590. The Labute approximate surface area is 369 Å². The van der Waals surface area contributed by atoms with Crippen LogP contribution in [0, 0.1) is 0 Å². The van der Waals surface area contributed by atoms with E-state index in [9.17, 15) is 0 Å². The van der Waals surface area contributed by atoms with Crippen LogP contribution in [-0.2, 0) is 10.8 Å². The molecule has 62 heavy (non-hydrogen) atoms. The maximum Gasteiger partial charge on any atom is 0.159 e. The van der Waals surface area contributed by atoms with Crippen LogP contribution in [0.15, 0.2) is 154 Å². The molecule has 0 saturated heterocycles. The fourth-order valence-electron chi connectivity index (χ4n) is 8.80. The molecular formula is C56H60N2O2Si2. The molecule has 0 aliphatic heterocycles. The van der Waals surface area contributed by atoms with Gasteiger partial charge in [-0.15, -0.1) is 0 Å². The molecule has 0 N–H and O–H groups in total. The smallest absolute Gasteiger partial charge is 0.159 e. The number of benzene rings is 7. The standard InChI is InChI=1S/C56H60N2O2Si2/c1-55(2,3)37-19-23-39(24-20-37)57(41-27-31-43(32-28-41)61(7,8)9)47-17-13-15-45-51-49(59-53(45)47)35-36-50-52(51)46-16-14-18-48(54(46)60-50)58(40-25-21-38(22-26-40)56(4,5)6)42-29-33-44(34-30-42)62(10,11)12/h13-36H,1-12H3. The molecule has 7 aromatic carbocycles. The van der Waals surface area contributed by atoms with Crippen molar-refractivity contribution in [3.8, 4) is 0 Å². The van der Waals surface area contributed by atoms with Gasteiger partial charge < -0.3 is 18.6 Å². The molecule has 0 fully saturated rings. The molecule has 0 bridgehead atoms. The molecule has 0 saturated carbocycles. The van der Waals surface area contributed by atoms with Crippen molar-refractivity contribution < 1.29 is 8.83 Å². The number of hydrogen-bond acceptors (Lipinski definition) is 4. The van der Waals surface area contributed by atoms with Crippen LogP contribution in [-0.4, -0.2) is 16.1 Å². The number of anilines is 6. The third kappa shape index (κ3) is 7.47. The quantitative estimate of drug-likeness (QED) is 0.143. The summed E-state index contributed by atoms with van der Waals surface area (Å²) in [6, 6.07) is 53.7. The summed E-state index contributed by atoms with van der Waals surface area (Å²) < 4.78 is 14.0. The zero-order valence-corrected chi connectivity index (χ0v) is 40.6. The first-order chi connectivity index (χ1) is 29.3. The van der Waals surface area contributed by atoms with E-state index in [0.29, 0.717) is 0 Å². The maximum absolute atomic E-state index is 7.00. The van der Waals surface area contributed by atoms with Crippen LogP contribution in [0.5, 0.6) is 0 Å². The highest BCUT2D eigenvalue weighted by Gasteiger charge is 2.27. The van der Waals surface area contributed by atoms with Gasteiger partial charge in [-0.1, -0.05) is 164 Å². The Morgan fingerprint density at radius 2 is 0.677 bits per heavy atom. The van der Waals surface area contributed by atoms with Crippen molar-refractivity contribution in [1.29, 1.82) is 0 Å². The highest BCUT2D eigenvalue weighted by molar-refractivity contribution is 6.89. The number of rotatable bonds is 8. The van der Waals surface area contributed by atoms with Gasteiger partial charge in [-0.05, 0) is 94.8 Å². The fourth-order valence-corrected chi connectivity index (χ4v) is 11.1. The molecule has 314 valence electrons. The highest BCUT2D eigenvalue weighted by atomic mass is 28.3. The van der Waals surface area contributed by atoms with Crippen LogP contribution in [0.25, 0.3) is 43.9 Å². The molecule has 4 nitrogen and oxygen atoms in total.